The van der Waals surface area contributed by atoms with Gasteiger partial charge in [0.1, 0.15) is 7.05 Å². The maximum Gasteiger partial charge on any atom is 0.228 e. The number of aryl methyl sites for hydroxylation is 6. The van der Waals surface area contributed by atoms with Gasteiger partial charge in [0, 0.05) is 44.5 Å². The molecule has 0 fully saturated rings. The van der Waals surface area contributed by atoms with Crippen molar-refractivity contribution in [2.75, 3.05) is 0 Å². The van der Waals surface area contributed by atoms with E-state index < -0.39 is 27.4 Å². The summed E-state index contributed by atoms with van der Waals surface area (Å²) in [5.74, 6) is 0. The van der Waals surface area contributed by atoms with Gasteiger partial charge >= 0.3 is 0 Å². The van der Waals surface area contributed by atoms with E-state index in [4.69, 9.17) is 20.9 Å². The molecule has 29 heavy (non-hydrogen) atoms. The number of benzene rings is 2. The minimum absolute atomic E-state index is 0.0427. The van der Waals surface area contributed by atoms with Gasteiger partial charge in [-0.15, -0.1) is 0 Å². The Bertz CT molecular complexity index is 1860. The lowest BCUT2D eigenvalue weighted by Crippen LogP contribution is -2.31. The van der Waals surface area contributed by atoms with Gasteiger partial charge in [-0.3, -0.25) is 0 Å². The van der Waals surface area contributed by atoms with Crippen LogP contribution >= 0.6 is 0 Å². The Morgan fingerprint density at radius 3 is 2.45 bits per heavy atom. The van der Waals surface area contributed by atoms with E-state index in [0.717, 1.165) is 0 Å². The molecule has 3 nitrogen and oxygen atoms in total. The molecule has 0 radical (unpaired) electrons. The van der Waals surface area contributed by atoms with Crippen molar-refractivity contribution in [2.45, 2.75) is 34.3 Å². The molecule has 0 spiro atoms. The summed E-state index contributed by atoms with van der Waals surface area (Å²) in [5, 5.41) is 1.26. The molecule has 0 saturated heterocycles. The zero-order valence-corrected chi connectivity index (χ0v) is 15.8. The molecule has 0 unspecified atom stereocenters. The molecule has 0 amide bonds. The topological polar surface area (TPSA) is 29.9 Å². The number of fused-ring (bicyclic) bond motifs is 5. The van der Waals surface area contributed by atoms with Crippen LogP contribution in [0.3, 0.4) is 0 Å². The van der Waals surface area contributed by atoms with Crippen LogP contribution in [-0.4, -0.2) is 4.98 Å². The normalized spacial score (nSPS) is 19.7. The standard InChI is InChI=1S/C26H25N2O/c1-14-12-21(28(6)13-17(14)4)22-15(2)11-16(3)23-24-20-10-8-7-9-19(20)18(5)27-26(24)29-25(22)23/h7-13H,1-6H3/q+1/i1D3,3D3,4D3,5D3. The van der Waals surface area contributed by atoms with Crippen molar-refractivity contribution in [3.63, 3.8) is 0 Å². The van der Waals surface area contributed by atoms with Gasteiger partial charge in [-0.1, -0.05) is 30.3 Å². The molecule has 0 bridgehead atoms. The number of hydrogen-bond donors (Lipinski definition) is 0. The maximum atomic E-state index is 8.28. The average Bonchev–Trinajstić information content (AvgIpc) is 3.20. The van der Waals surface area contributed by atoms with Crippen molar-refractivity contribution in [3.05, 3.63) is 70.5 Å². The number of pyridine rings is 2. The first kappa shape index (κ1) is 9.08. The summed E-state index contributed by atoms with van der Waals surface area (Å²) in [6.45, 7) is -9.02. The number of hydrogen-bond acceptors (Lipinski definition) is 2. The maximum absolute atomic E-state index is 8.28. The number of furan rings is 1. The Balaban J connectivity index is 2.02. The Labute approximate surface area is 187 Å². The fraction of sp³-hybridized carbons (Fsp3) is 0.231. The van der Waals surface area contributed by atoms with Gasteiger partial charge in [0.25, 0.3) is 0 Å². The molecule has 0 atom stereocenters. The molecule has 5 aromatic rings. The Kier molecular flexibility index (Phi) is 1.93. The Morgan fingerprint density at radius 1 is 0.897 bits per heavy atom. The lowest BCUT2D eigenvalue weighted by molar-refractivity contribution is -0.660. The zero-order chi connectivity index (χ0) is 30.4. The van der Waals surface area contributed by atoms with E-state index >= 15 is 0 Å². The molecule has 3 heteroatoms. The molecule has 3 aromatic heterocycles. The largest absolute Gasteiger partial charge is 0.437 e. The van der Waals surface area contributed by atoms with Crippen LogP contribution < -0.4 is 4.57 Å². The van der Waals surface area contributed by atoms with Crippen LogP contribution in [0, 0.1) is 34.3 Å². The molecule has 0 aliphatic heterocycles. The van der Waals surface area contributed by atoms with E-state index in [0.29, 0.717) is 27.3 Å². The van der Waals surface area contributed by atoms with Crippen molar-refractivity contribution in [3.8, 4) is 11.3 Å². The molecule has 0 N–H and O–H groups in total. The summed E-state index contributed by atoms with van der Waals surface area (Å²) in [6.07, 6.45) is 1.23. The van der Waals surface area contributed by atoms with Crippen LogP contribution in [0.15, 0.2) is 47.0 Å². The zero-order valence-electron chi connectivity index (χ0n) is 27.8. The lowest BCUT2D eigenvalue weighted by Gasteiger charge is -2.09. The summed E-state index contributed by atoms with van der Waals surface area (Å²) in [5.41, 5.74) is 0.0546. The second-order valence-electron chi connectivity index (χ2n) is 7.21. The van der Waals surface area contributed by atoms with E-state index in [1.165, 1.54) is 22.9 Å². The highest BCUT2D eigenvalue weighted by Crippen LogP contribution is 2.41. The van der Waals surface area contributed by atoms with Crippen LogP contribution in [0.2, 0.25) is 0 Å². The van der Waals surface area contributed by atoms with E-state index in [2.05, 4.69) is 4.98 Å². The highest BCUT2D eigenvalue weighted by molar-refractivity contribution is 6.21. The van der Waals surface area contributed by atoms with Crippen LogP contribution in [0.1, 0.15) is 44.4 Å². The summed E-state index contributed by atoms with van der Waals surface area (Å²) in [7, 11) is 1.56. The van der Waals surface area contributed by atoms with E-state index in [1.54, 1.807) is 38.2 Å². The summed E-state index contributed by atoms with van der Waals surface area (Å²) >= 11 is 0. The third-order valence-corrected chi connectivity index (χ3v) is 5.34. The second-order valence-corrected chi connectivity index (χ2v) is 7.21. The van der Waals surface area contributed by atoms with Crippen LogP contribution in [0.25, 0.3) is 44.1 Å². The molecule has 5 rings (SSSR count). The molecule has 0 aliphatic rings. The summed E-state index contributed by atoms with van der Waals surface area (Å²) in [6, 6.07) is 9.37. The predicted molar refractivity (Wildman–Crippen MR) is 119 cm³/mol. The molecule has 144 valence electrons. The fourth-order valence-electron chi connectivity index (χ4n) is 4.01. The smallest absolute Gasteiger partial charge is 0.228 e. The van der Waals surface area contributed by atoms with Gasteiger partial charge in [-0.05, 0) is 56.4 Å². The molecule has 3 heterocycles. The van der Waals surface area contributed by atoms with Gasteiger partial charge in [0.15, 0.2) is 11.8 Å². The first-order valence-corrected chi connectivity index (χ1v) is 9.06. The van der Waals surface area contributed by atoms with Gasteiger partial charge in [-0.25, -0.2) is 9.55 Å². The first-order chi connectivity index (χ1) is 18.7. The van der Waals surface area contributed by atoms with E-state index in [-0.39, 0.29) is 44.8 Å². The van der Waals surface area contributed by atoms with E-state index in [1.807, 2.05) is 0 Å². The van der Waals surface area contributed by atoms with Crippen LogP contribution in [0.4, 0.5) is 0 Å². The quantitative estimate of drug-likeness (QED) is 0.319. The van der Waals surface area contributed by atoms with Crippen molar-refractivity contribution in [1.29, 1.82) is 0 Å². The lowest BCUT2D eigenvalue weighted by atomic mass is 9.95. The van der Waals surface area contributed by atoms with E-state index in [9.17, 15) is 0 Å². The Morgan fingerprint density at radius 2 is 1.69 bits per heavy atom. The molecular formula is C26H25N2O+. The number of aromatic nitrogens is 2. The van der Waals surface area contributed by atoms with Crippen LogP contribution in [0.5, 0.6) is 0 Å². The van der Waals surface area contributed by atoms with Crippen molar-refractivity contribution in [1.82, 2.24) is 4.98 Å². The van der Waals surface area contributed by atoms with Gasteiger partial charge in [0.05, 0.1) is 10.9 Å². The number of rotatable bonds is 1. The molecule has 0 saturated carbocycles. The monoisotopic (exact) mass is 393 g/mol. The third-order valence-electron chi connectivity index (χ3n) is 5.34. The number of nitrogens with zero attached hydrogens (tertiary/aromatic N) is 2. The molecule has 2 aromatic carbocycles. The molecule has 0 aliphatic carbocycles. The van der Waals surface area contributed by atoms with Crippen molar-refractivity contribution >= 4 is 32.8 Å². The predicted octanol–water partition coefficient (Wildman–Crippen LogP) is 6.17. The molecular weight excluding hydrogens is 356 g/mol. The summed E-state index contributed by atoms with van der Waals surface area (Å²) in [4.78, 5) is 4.34. The average molecular weight is 394 g/mol. The SMILES string of the molecule is [2H]C([2H])([2H])c1cc(-c2c(C)cc(C([2H])([2H])[2H])c3c2oc2nc(C([2H])([2H])[2H])c4ccccc4c23)[n+](C)cc1C([2H])([2H])[2H]. The highest BCUT2D eigenvalue weighted by atomic mass is 16.3. The van der Waals surface area contributed by atoms with Gasteiger partial charge in [0.2, 0.25) is 11.4 Å². The highest BCUT2D eigenvalue weighted by Gasteiger charge is 2.24. The second kappa shape index (κ2) is 6.15. The Hall–Kier alpha value is -3.20. The first-order valence-electron chi connectivity index (χ1n) is 15.1. The van der Waals surface area contributed by atoms with Crippen molar-refractivity contribution in [2.24, 2.45) is 7.05 Å². The minimum atomic E-state index is -2.77. The summed E-state index contributed by atoms with van der Waals surface area (Å²) < 4.78 is 104. The van der Waals surface area contributed by atoms with Crippen LogP contribution in [-0.2, 0) is 7.05 Å². The van der Waals surface area contributed by atoms with Crippen molar-refractivity contribution < 1.29 is 25.4 Å². The van der Waals surface area contributed by atoms with Gasteiger partial charge in [-0.2, -0.15) is 0 Å². The van der Waals surface area contributed by atoms with Gasteiger partial charge < -0.3 is 4.42 Å². The third kappa shape index (κ3) is 2.50. The minimum Gasteiger partial charge on any atom is -0.437 e. The fourth-order valence-corrected chi connectivity index (χ4v) is 4.01.